The first kappa shape index (κ1) is 31.6. The minimum Gasteiger partial charge on any atom is -0.481 e. The molecule has 0 aliphatic heterocycles. The van der Waals surface area contributed by atoms with Gasteiger partial charge in [0.1, 0.15) is 18.1 Å². The van der Waals surface area contributed by atoms with Gasteiger partial charge in [-0.2, -0.15) is 0 Å². The predicted octanol–water partition coefficient (Wildman–Crippen LogP) is -1.92. The zero-order chi connectivity index (χ0) is 27.3. The summed E-state index contributed by atoms with van der Waals surface area (Å²) in [6.45, 7) is 7.10. The topological polar surface area (TPSA) is 252 Å². The normalized spacial score (nSPS) is 15.1. The van der Waals surface area contributed by atoms with Gasteiger partial charge < -0.3 is 43.4 Å². The van der Waals surface area contributed by atoms with E-state index in [2.05, 4.69) is 20.9 Å². The molecule has 5 atom stereocenters. The Kier molecular flexibility index (Phi) is 14.0. The average molecular weight is 502 g/mol. The molecule has 14 heteroatoms. The number of carbonyl (C=O) groups is 5. The number of amides is 3. The van der Waals surface area contributed by atoms with E-state index < -0.39 is 66.2 Å². The van der Waals surface area contributed by atoms with Crippen LogP contribution in [0.25, 0.3) is 0 Å². The third-order valence-electron chi connectivity index (χ3n) is 5.38. The number of carboxylic acid groups (broad SMARTS) is 2. The molecule has 0 aromatic heterocycles. The number of nitrogens with two attached hydrogens (primary N) is 3. The number of rotatable bonds is 16. The highest BCUT2D eigenvalue weighted by Crippen LogP contribution is 2.09. The van der Waals surface area contributed by atoms with Crippen LogP contribution in [0.3, 0.4) is 0 Å². The van der Waals surface area contributed by atoms with Gasteiger partial charge in [0.15, 0.2) is 5.96 Å². The van der Waals surface area contributed by atoms with Gasteiger partial charge in [-0.1, -0.05) is 34.1 Å². The number of carboxylic acids is 2. The lowest BCUT2D eigenvalue weighted by atomic mass is 9.98. The molecule has 0 radical (unpaired) electrons. The Labute approximate surface area is 204 Å². The van der Waals surface area contributed by atoms with Crippen molar-refractivity contribution < 1.29 is 34.2 Å². The van der Waals surface area contributed by atoms with Gasteiger partial charge in [-0.05, 0) is 24.7 Å². The third-order valence-corrected chi connectivity index (χ3v) is 5.38. The fraction of sp³-hybridized carbons (Fsp3) is 0.714. The Morgan fingerprint density at radius 2 is 1.46 bits per heavy atom. The van der Waals surface area contributed by atoms with Crippen LogP contribution >= 0.6 is 0 Å². The van der Waals surface area contributed by atoms with E-state index in [-0.39, 0.29) is 24.8 Å². The summed E-state index contributed by atoms with van der Waals surface area (Å²) in [4.78, 5) is 64.4. The van der Waals surface area contributed by atoms with Crippen molar-refractivity contribution in [2.45, 2.75) is 77.5 Å². The van der Waals surface area contributed by atoms with Crippen molar-refractivity contribution in [3.8, 4) is 0 Å². The summed E-state index contributed by atoms with van der Waals surface area (Å²) in [5.41, 5.74) is 16.6. The first-order valence-electron chi connectivity index (χ1n) is 11.4. The fourth-order valence-corrected chi connectivity index (χ4v) is 2.98. The maximum Gasteiger partial charge on any atom is 0.326 e. The van der Waals surface area contributed by atoms with Crippen LogP contribution in [-0.4, -0.2) is 76.5 Å². The third kappa shape index (κ3) is 12.0. The zero-order valence-corrected chi connectivity index (χ0v) is 20.6. The second-order valence-electron chi connectivity index (χ2n) is 8.65. The number of nitrogens with one attached hydrogen (secondary N) is 3. The number of carbonyl (C=O) groups excluding carboxylic acids is 3. The van der Waals surface area contributed by atoms with E-state index in [4.69, 9.17) is 22.3 Å². The first-order chi connectivity index (χ1) is 16.2. The summed E-state index contributed by atoms with van der Waals surface area (Å²) in [6, 6.07) is -4.81. The van der Waals surface area contributed by atoms with Gasteiger partial charge in [-0.15, -0.1) is 0 Å². The van der Waals surface area contributed by atoms with E-state index in [1.165, 1.54) is 0 Å². The van der Waals surface area contributed by atoms with Crippen LogP contribution < -0.4 is 33.2 Å². The molecule has 0 aliphatic carbocycles. The highest BCUT2D eigenvalue weighted by molar-refractivity contribution is 5.94. The van der Waals surface area contributed by atoms with Gasteiger partial charge in [0.05, 0.1) is 12.5 Å². The summed E-state index contributed by atoms with van der Waals surface area (Å²) in [5, 5.41) is 25.3. The predicted molar refractivity (Wildman–Crippen MR) is 128 cm³/mol. The monoisotopic (exact) mass is 501 g/mol. The Bertz CT molecular complexity index is 784. The minimum atomic E-state index is -1.68. The van der Waals surface area contributed by atoms with Gasteiger partial charge in [0.25, 0.3) is 0 Å². The highest BCUT2D eigenvalue weighted by Gasteiger charge is 2.32. The van der Waals surface area contributed by atoms with Crippen LogP contribution in [0.1, 0.15) is 53.4 Å². The van der Waals surface area contributed by atoms with E-state index in [1.807, 2.05) is 6.92 Å². The van der Waals surface area contributed by atoms with Gasteiger partial charge in [-0.25, -0.2) is 4.79 Å². The molecule has 5 unspecified atom stereocenters. The number of hydrogen-bond donors (Lipinski definition) is 8. The fourth-order valence-electron chi connectivity index (χ4n) is 2.98. The van der Waals surface area contributed by atoms with Crippen LogP contribution in [0.15, 0.2) is 4.99 Å². The smallest absolute Gasteiger partial charge is 0.326 e. The Morgan fingerprint density at radius 3 is 1.91 bits per heavy atom. The van der Waals surface area contributed by atoms with E-state index in [9.17, 15) is 29.1 Å². The molecule has 0 heterocycles. The van der Waals surface area contributed by atoms with Gasteiger partial charge in [0, 0.05) is 6.54 Å². The maximum atomic E-state index is 13.0. The van der Waals surface area contributed by atoms with Crippen LogP contribution in [0.5, 0.6) is 0 Å². The standard InChI is InChI=1S/C21H39N7O7/c1-5-11(4)15(22)18(32)26-12(7-6-8-25-21(23)24)17(31)28-16(10(2)3)19(33)27-13(20(34)35)9-14(29)30/h10-13,15-16H,5-9,22H2,1-4H3,(H,26,32)(H,27,33)(H,28,31)(H,29,30)(H,34,35)(H4,23,24,25). The van der Waals surface area contributed by atoms with Crippen molar-refractivity contribution in [2.75, 3.05) is 6.54 Å². The van der Waals surface area contributed by atoms with Crippen LogP contribution in [0.2, 0.25) is 0 Å². The highest BCUT2D eigenvalue weighted by atomic mass is 16.4. The van der Waals surface area contributed by atoms with Gasteiger partial charge >= 0.3 is 11.9 Å². The lowest BCUT2D eigenvalue weighted by Crippen LogP contribution is -2.59. The molecular weight excluding hydrogens is 462 g/mol. The molecule has 200 valence electrons. The van der Waals surface area contributed by atoms with Crippen molar-refractivity contribution in [1.29, 1.82) is 0 Å². The lowest BCUT2D eigenvalue weighted by Gasteiger charge is -2.27. The largest absolute Gasteiger partial charge is 0.481 e. The molecular formula is C21H39N7O7. The molecule has 35 heavy (non-hydrogen) atoms. The second kappa shape index (κ2) is 15.5. The Balaban J connectivity index is 5.59. The van der Waals surface area contributed by atoms with Crippen molar-refractivity contribution in [2.24, 2.45) is 34.0 Å². The van der Waals surface area contributed by atoms with Crippen LogP contribution in [0.4, 0.5) is 0 Å². The molecule has 0 fully saturated rings. The molecule has 14 nitrogen and oxygen atoms in total. The van der Waals surface area contributed by atoms with Crippen LogP contribution in [-0.2, 0) is 24.0 Å². The van der Waals surface area contributed by atoms with Crippen molar-refractivity contribution in [1.82, 2.24) is 16.0 Å². The molecule has 0 aliphatic rings. The van der Waals surface area contributed by atoms with Crippen molar-refractivity contribution in [3.63, 3.8) is 0 Å². The Hall–Kier alpha value is -3.42. The number of aliphatic carboxylic acids is 2. The van der Waals surface area contributed by atoms with E-state index in [0.29, 0.717) is 12.8 Å². The summed E-state index contributed by atoms with van der Waals surface area (Å²) >= 11 is 0. The molecule has 0 spiro atoms. The molecule has 0 aromatic carbocycles. The maximum absolute atomic E-state index is 13.0. The molecule has 0 rings (SSSR count). The minimum absolute atomic E-state index is 0.125. The summed E-state index contributed by atoms with van der Waals surface area (Å²) in [7, 11) is 0. The summed E-state index contributed by atoms with van der Waals surface area (Å²) in [5.74, 6) is -5.81. The van der Waals surface area contributed by atoms with Crippen molar-refractivity contribution in [3.05, 3.63) is 0 Å². The van der Waals surface area contributed by atoms with E-state index in [0.717, 1.165) is 0 Å². The van der Waals surface area contributed by atoms with E-state index in [1.54, 1.807) is 20.8 Å². The van der Waals surface area contributed by atoms with E-state index >= 15 is 0 Å². The summed E-state index contributed by atoms with van der Waals surface area (Å²) < 4.78 is 0. The van der Waals surface area contributed by atoms with Crippen LogP contribution in [0, 0.1) is 11.8 Å². The average Bonchev–Trinajstić information content (AvgIpc) is 2.76. The molecule has 0 bridgehead atoms. The molecule has 3 amide bonds. The second-order valence-corrected chi connectivity index (χ2v) is 8.65. The van der Waals surface area contributed by atoms with Gasteiger partial charge in [0.2, 0.25) is 17.7 Å². The lowest BCUT2D eigenvalue weighted by molar-refractivity contribution is -0.147. The molecule has 11 N–H and O–H groups in total. The Morgan fingerprint density at radius 1 is 0.886 bits per heavy atom. The zero-order valence-electron chi connectivity index (χ0n) is 20.6. The quantitative estimate of drug-likeness (QED) is 0.0661. The number of hydrogen-bond acceptors (Lipinski definition) is 7. The van der Waals surface area contributed by atoms with Gasteiger partial charge in [-0.3, -0.25) is 24.2 Å². The first-order valence-corrected chi connectivity index (χ1v) is 11.4. The van der Waals surface area contributed by atoms with Crippen molar-refractivity contribution >= 4 is 35.6 Å². The number of guanidine groups is 1. The number of aliphatic imine (C=N–C) groups is 1. The number of nitrogens with zero attached hydrogens (tertiary/aromatic N) is 1. The molecule has 0 saturated heterocycles. The molecule has 0 aromatic rings. The summed E-state index contributed by atoms with van der Waals surface area (Å²) in [6.07, 6.45) is 0.265. The molecule has 0 saturated carbocycles. The SMILES string of the molecule is CCC(C)C(N)C(=O)NC(CCCN=C(N)N)C(=O)NC(C(=O)NC(CC(=O)O)C(=O)O)C(C)C.